The van der Waals surface area contributed by atoms with Gasteiger partial charge in [-0.25, -0.2) is 13.2 Å². The van der Waals surface area contributed by atoms with Crippen LogP contribution in [0.15, 0.2) is 64.5 Å². The highest BCUT2D eigenvalue weighted by atomic mass is 32.2. The van der Waals surface area contributed by atoms with Gasteiger partial charge in [0.15, 0.2) is 5.96 Å². The van der Waals surface area contributed by atoms with E-state index in [1.165, 1.54) is 19.1 Å². The molecule has 2 unspecified atom stereocenters. The van der Waals surface area contributed by atoms with E-state index in [1.807, 2.05) is 0 Å². The Balaban J connectivity index is 1.30. The van der Waals surface area contributed by atoms with E-state index in [0.717, 1.165) is 42.7 Å². The van der Waals surface area contributed by atoms with Crippen LogP contribution in [0.5, 0.6) is 0 Å². The molecule has 13 nitrogen and oxygen atoms in total. The van der Waals surface area contributed by atoms with Crippen LogP contribution in [0.1, 0.15) is 45.1 Å². The maximum atomic E-state index is 13.4. The fraction of sp³-hybridized carbons (Fsp3) is 0.467. The van der Waals surface area contributed by atoms with E-state index in [1.54, 1.807) is 49.4 Å². The summed E-state index contributed by atoms with van der Waals surface area (Å²) in [5, 5.41) is 21.6. The highest BCUT2D eigenvalue weighted by Gasteiger charge is 2.49. The van der Waals surface area contributed by atoms with Gasteiger partial charge in [-0.1, -0.05) is 30.3 Å². The number of hydrogen-bond acceptors (Lipinski definition) is 9. The third kappa shape index (κ3) is 8.55. The molecular weight excluding hydrogens is 588 g/mol. The number of carboxylic acids is 1. The summed E-state index contributed by atoms with van der Waals surface area (Å²) in [7, 11) is -4.10. The number of carboxylic acid groups (broad SMARTS) is 1. The average Bonchev–Trinajstić information content (AvgIpc) is 3.32. The lowest BCUT2D eigenvalue weighted by Crippen LogP contribution is -2.54. The Hall–Kier alpha value is -4.01. The monoisotopic (exact) mass is 628 g/mol. The Morgan fingerprint density at radius 3 is 2.48 bits per heavy atom. The zero-order valence-electron chi connectivity index (χ0n) is 24.9. The van der Waals surface area contributed by atoms with Crippen molar-refractivity contribution < 1.29 is 32.6 Å². The van der Waals surface area contributed by atoms with Crippen LogP contribution in [0.3, 0.4) is 0 Å². The lowest BCUT2D eigenvalue weighted by molar-refractivity contribution is -0.142. The van der Waals surface area contributed by atoms with Gasteiger partial charge in [0.1, 0.15) is 18.3 Å². The normalized spacial score (nSPS) is 21.0. The lowest BCUT2D eigenvalue weighted by atomic mass is 10.0. The fourth-order valence-corrected chi connectivity index (χ4v) is 6.93. The number of sulfonamides is 1. The summed E-state index contributed by atoms with van der Waals surface area (Å²) >= 11 is 0. The summed E-state index contributed by atoms with van der Waals surface area (Å²) in [6.45, 7) is 5.56. The summed E-state index contributed by atoms with van der Waals surface area (Å²) in [5.74, 6) is -1.36. The molecule has 1 saturated heterocycles. The van der Waals surface area contributed by atoms with Crippen LogP contribution in [0.25, 0.3) is 0 Å². The Kier molecular flexibility index (Phi) is 11.3. The number of anilines is 1. The van der Waals surface area contributed by atoms with Crippen molar-refractivity contribution in [3.05, 3.63) is 60.2 Å². The van der Waals surface area contributed by atoms with E-state index >= 15 is 0 Å². The molecule has 0 spiro atoms. The number of carbonyl (C=O) groups is 3. The van der Waals surface area contributed by atoms with Crippen LogP contribution < -0.4 is 21.3 Å². The van der Waals surface area contributed by atoms with Gasteiger partial charge in [-0.05, 0) is 62.9 Å². The predicted molar refractivity (Wildman–Crippen MR) is 164 cm³/mol. The summed E-state index contributed by atoms with van der Waals surface area (Å²) in [6.07, 6.45) is 1.12. The predicted octanol–water partition coefficient (Wildman–Crippen LogP) is 1.67. The van der Waals surface area contributed by atoms with Crippen molar-refractivity contribution in [2.75, 3.05) is 25.0 Å². The first-order valence-electron chi connectivity index (χ1n) is 14.7. The van der Waals surface area contributed by atoms with Crippen LogP contribution in [-0.4, -0.2) is 85.6 Å². The summed E-state index contributed by atoms with van der Waals surface area (Å²) < 4.78 is 33.4. The minimum Gasteiger partial charge on any atom is -0.480 e. The van der Waals surface area contributed by atoms with Crippen LogP contribution in [-0.2, 0) is 35.6 Å². The second kappa shape index (κ2) is 15.1. The highest BCUT2D eigenvalue weighted by Crippen LogP contribution is 2.30. The molecule has 5 N–H and O–H groups in total. The number of rotatable bonds is 13. The largest absolute Gasteiger partial charge is 0.480 e. The molecule has 2 aliphatic rings. The van der Waals surface area contributed by atoms with Crippen molar-refractivity contribution in [1.29, 1.82) is 0 Å². The molecule has 2 heterocycles. The van der Waals surface area contributed by atoms with E-state index in [0.29, 0.717) is 24.1 Å². The number of aliphatic imine (C=N–C) groups is 1. The minimum absolute atomic E-state index is 0.00367. The Labute approximate surface area is 257 Å². The van der Waals surface area contributed by atoms with Gasteiger partial charge in [-0.2, -0.15) is 4.31 Å². The molecule has 238 valence electrons. The molecule has 0 bridgehead atoms. The Bertz CT molecular complexity index is 1440. The van der Waals surface area contributed by atoms with Gasteiger partial charge in [0.05, 0.1) is 11.0 Å². The molecule has 44 heavy (non-hydrogen) atoms. The van der Waals surface area contributed by atoms with Crippen LogP contribution >= 0.6 is 0 Å². The van der Waals surface area contributed by atoms with Crippen LogP contribution in [0.2, 0.25) is 0 Å². The van der Waals surface area contributed by atoms with Gasteiger partial charge in [0.25, 0.3) is 0 Å². The molecule has 1 fully saturated rings. The number of nitrogens with zero attached hydrogens (tertiary/aromatic N) is 2. The van der Waals surface area contributed by atoms with Crippen LogP contribution in [0.4, 0.5) is 5.69 Å². The standard InChI is InChI=1S/C30H40N6O7S/c1-20-27(36(21(2)43-20)44(41,42)24-9-4-3-5-10-24)28(38)35-25(29(39)40)19-22-12-14-23(15-13-22)34-26(37)11-6-7-16-31-30-32-17-8-18-33-30/h3-5,9-10,12-15,20-21,25,27H,6-8,11,16-19H2,1-2H3,(H,34,37)(H,35,38)(H,39,40)(H2,31,32,33)/t20?,21?,25-,27-/m0/s1. The van der Waals surface area contributed by atoms with E-state index in [2.05, 4.69) is 26.3 Å². The van der Waals surface area contributed by atoms with Crippen molar-refractivity contribution in [3.8, 4) is 0 Å². The zero-order valence-corrected chi connectivity index (χ0v) is 25.7. The first-order chi connectivity index (χ1) is 21.1. The van der Waals surface area contributed by atoms with E-state index in [-0.39, 0.29) is 17.2 Å². The molecule has 14 heteroatoms. The molecular formula is C30H40N6O7S. The molecule has 0 aromatic heterocycles. The summed E-state index contributed by atoms with van der Waals surface area (Å²) in [4.78, 5) is 42.2. The number of carbonyl (C=O) groups excluding carboxylic acids is 2. The summed E-state index contributed by atoms with van der Waals surface area (Å²) in [6, 6.07) is 11.8. The number of guanidine groups is 1. The number of benzene rings is 2. The molecule has 0 radical (unpaired) electrons. The molecule has 0 aliphatic carbocycles. The molecule has 2 aromatic carbocycles. The van der Waals surface area contributed by atoms with Crippen molar-refractivity contribution in [2.24, 2.45) is 4.99 Å². The SMILES string of the molecule is CC1OC(C)N(S(=O)(=O)c2ccccc2)[C@@H]1C(=O)N[C@@H](Cc1ccc(NC(=O)CCCCNC2=NCCCN2)cc1)C(=O)O. The first-order valence-corrected chi connectivity index (χ1v) is 16.2. The summed E-state index contributed by atoms with van der Waals surface area (Å²) in [5.41, 5.74) is 1.18. The second-order valence-electron chi connectivity index (χ2n) is 10.8. The Morgan fingerprint density at radius 2 is 1.82 bits per heavy atom. The quantitative estimate of drug-likeness (QED) is 0.206. The second-order valence-corrected chi connectivity index (χ2v) is 12.6. The molecule has 2 aromatic rings. The average molecular weight is 629 g/mol. The van der Waals surface area contributed by atoms with E-state index < -0.39 is 46.3 Å². The number of ether oxygens (including phenoxy) is 1. The van der Waals surface area contributed by atoms with Gasteiger partial charge in [0.2, 0.25) is 21.8 Å². The number of nitrogens with one attached hydrogen (secondary N) is 4. The molecule has 0 saturated carbocycles. The zero-order chi connectivity index (χ0) is 31.7. The van der Waals surface area contributed by atoms with E-state index in [9.17, 15) is 27.9 Å². The first kappa shape index (κ1) is 32.9. The number of hydrogen-bond donors (Lipinski definition) is 5. The van der Waals surface area contributed by atoms with Crippen molar-refractivity contribution in [1.82, 2.24) is 20.3 Å². The third-order valence-electron chi connectivity index (χ3n) is 7.39. The van der Waals surface area contributed by atoms with E-state index in [4.69, 9.17) is 4.74 Å². The Morgan fingerprint density at radius 1 is 1.09 bits per heavy atom. The maximum Gasteiger partial charge on any atom is 0.326 e. The van der Waals surface area contributed by atoms with Gasteiger partial charge in [0, 0.05) is 38.2 Å². The molecule has 2 aliphatic heterocycles. The number of aliphatic carboxylic acids is 1. The smallest absolute Gasteiger partial charge is 0.326 e. The van der Waals surface area contributed by atoms with Gasteiger partial charge >= 0.3 is 5.97 Å². The topological polar surface area (TPSA) is 179 Å². The molecule has 2 amide bonds. The number of unbranched alkanes of at least 4 members (excludes halogenated alkanes) is 1. The van der Waals surface area contributed by atoms with Gasteiger partial charge in [-0.3, -0.25) is 14.6 Å². The van der Waals surface area contributed by atoms with Gasteiger partial charge < -0.3 is 31.1 Å². The van der Waals surface area contributed by atoms with Crippen molar-refractivity contribution >= 4 is 39.5 Å². The fourth-order valence-electron chi connectivity index (χ4n) is 5.17. The van der Waals surface area contributed by atoms with Crippen molar-refractivity contribution in [3.63, 3.8) is 0 Å². The lowest BCUT2D eigenvalue weighted by Gasteiger charge is -2.27. The van der Waals surface area contributed by atoms with Crippen molar-refractivity contribution in [2.45, 2.75) is 75.3 Å². The molecule has 4 atom stereocenters. The maximum absolute atomic E-state index is 13.4. The third-order valence-corrected chi connectivity index (χ3v) is 9.34. The minimum atomic E-state index is -4.10. The highest BCUT2D eigenvalue weighted by molar-refractivity contribution is 7.89. The van der Waals surface area contributed by atoms with Gasteiger partial charge in [-0.15, -0.1) is 0 Å². The number of amides is 2. The van der Waals surface area contributed by atoms with Crippen LogP contribution in [0, 0.1) is 0 Å². The molecule has 4 rings (SSSR count).